The van der Waals surface area contributed by atoms with Crippen molar-refractivity contribution in [1.82, 2.24) is 0 Å². The molecule has 104 valence electrons. The lowest BCUT2D eigenvalue weighted by Gasteiger charge is -2.35. The van der Waals surface area contributed by atoms with E-state index in [2.05, 4.69) is 52.0 Å². The second kappa shape index (κ2) is 5.37. The fraction of sp³-hybridized carbons (Fsp3) is 0.250. The SMILES string of the molecule is CC1CN(Cc2ccc(Br)cc2)c2ccc(N)cc2O1. The van der Waals surface area contributed by atoms with Crippen molar-refractivity contribution in [1.29, 1.82) is 0 Å². The Balaban J connectivity index is 1.88. The van der Waals surface area contributed by atoms with Gasteiger partial charge in [0.05, 0.1) is 12.2 Å². The molecule has 0 saturated carbocycles. The number of ether oxygens (including phenoxy) is 1. The van der Waals surface area contributed by atoms with E-state index in [0.717, 1.165) is 34.7 Å². The summed E-state index contributed by atoms with van der Waals surface area (Å²) in [6.07, 6.45) is 0.166. The highest BCUT2D eigenvalue weighted by Crippen LogP contribution is 2.35. The third-order valence-electron chi connectivity index (χ3n) is 3.42. The lowest BCUT2D eigenvalue weighted by Crippen LogP contribution is -2.37. The summed E-state index contributed by atoms with van der Waals surface area (Å²) in [5.74, 6) is 0.876. The van der Waals surface area contributed by atoms with Gasteiger partial charge in [0.25, 0.3) is 0 Å². The van der Waals surface area contributed by atoms with Gasteiger partial charge >= 0.3 is 0 Å². The molecule has 1 heterocycles. The van der Waals surface area contributed by atoms with Crippen LogP contribution in [0, 0.1) is 0 Å². The molecule has 0 radical (unpaired) electrons. The predicted molar refractivity (Wildman–Crippen MR) is 86.1 cm³/mol. The van der Waals surface area contributed by atoms with E-state index < -0.39 is 0 Å². The Bertz CT molecular complexity index is 612. The van der Waals surface area contributed by atoms with Gasteiger partial charge in [-0.05, 0) is 36.8 Å². The number of hydrogen-bond donors (Lipinski definition) is 1. The summed E-state index contributed by atoms with van der Waals surface area (Å²) in [6.45, 7) is 3.84. The normalized spacial score (nSPS) is 17.5. The number of benzene rings is 2. The molecule has 3 rings (SSSR count). The van der Waals surface area contributed by atoms with Gasteiger partial charge in [-0.3, -0.25) is 0 Å². The minimum Gasteiger partial charge on any atom is -0.487 e. The molecule has 2 aromatic carbocycles. The van der Waals surface area contributed by atoms with Crippen LogP contribution in [0.2, 0.25) is 0 Å². The van der Waals surface area contributed by atoms with E-state index in [0.29, 0.717) is 0 Å². The Morgan fingerprint density at radius 2 is 2.00 bits per heavy atom. The van der Waals surface area contributed by atoms with Crippen LogP contribution in [-0.2, 0) is 6.54 Å². The first-order chi connectivity index (χ1) is 9.61. The summed E-state index contributed by atoms with van der Waals surface area (Å²) in [6, 6.07) is 14.3. The molecule has 0 bridgehead atoms. The number of nitrogens with zero attached hydrogens (tertiary/aromatic N) is 1. The van der Waals surface area contributed by atoms with Crippen molar-refractivity contribution in [3.05, 3.63) is 52.5 Å². The van der Waals surface area contributed by atoms with Gasteiger partial charge in [-0.2, -0.15) is 0 Å². The summed E-state index contributed by atoms with van der Waals surface area (Å²) in [7, 11) is 0. The van der Waals surface area contributed by atoms with Gasteiger partial charge in [0.1, 0.15) is 11.9 Å². The van der Waals surface area contributed by atoms with Crippen LogP contribution in [-0.4, -0.2) is 12.6 Å². The first-order valence-electron chi connectivity index (χ1n) is 6.67. The molecule has 0 aliphatic carbocycles. The fourth-order valence-corrected chi connectivity index (χ4v) is 2.77. The molecule has 2 N–H and O–H groups in total. The van der Waals surface area contributed by atoms with Crippen LogP contribution in [0.1, 0.15) is 12.5 Å². The van der Waals surface area contributed by atoms with E-state index >= 15 is 0 Å². The smallest absolute Gasteiger partial charge is 0.145 e. The molecule has 3 nitrogen and oxygen atoms in total. The van der Waals surface area contributed by atoms with Gasteiger partial charge in [0.2, 0.25) is 0 Å². The number of rotatable bonds is 2. The summed E-state index contributed by atoms with van der Waals surface area (Å²) >= 11 is 3.47. The lowest BCUT2D eigenvalue weighted by molar-refractivity contribution is 0.212. The van der Waals surface area contributed by atoms with Crippen molar-refractivity contribution >= 4 is 27.3 Å². The topological polar surface area (TPSA) is 38.5 Å². The zero-order valence-corrected chi connectivity index (χ0v) is 12.9. The Hall–Kier alpha value is -1.68. The molecule has 4 heteroatoms. The minimum atomic E-state index is 0.166. The van der Waals surface area contributed by atoms with Crippen LogP contribution in [0.3, 0.4) is 0 Å². The number of nitrogen functional groups attached to an aromatic ring is 1. The second-order valence-electron chi connectivity index (χ2n) is 5.16. The highest BCUT2D eigenvalue weighted by molar-refractivity contribution is 9.10. The van der Waals surface area contributed by atoms with Crippen LogP contribution >= 0.6 is 15.9 Å². The minimum absolute atomic E-state index is 0.166. The van der Waals surface area contributed by atoms with Gasteiger partial charge in [-0.25, -0.2) is 0 Å². The van der Waals surface area contributed by atoms with E-state index in [1.54, 1.807) is 0 Å². The van der Waals surface area contributed by atoms with Crippen molar-refractivity contribution in [3.63, 3.8) is 0 Å². The van der Waals surface area contributed by atoms with E-state index in [9.17, 15) is 0 Å². The molecule has 1 aliphatic rings. The molecule has 0 aromatic heterocycles. The van der Waals surface area contributed by atoms with Crippen molar-refractivity contribution in [3.8, 4) is 5.75 Å². The predicted octanol–water partition coefficient (Wildman–Crippen LogP) is 3.82. The summed E-state index contributed by atoms with van der Waals surface area (Å²) < 4.78 is 6.97. The van der Waals surface area contributed by atoms with Crippen LogP contribution in [0.5, 0.6) is 5.75 Å². The van der Waals surface area contributed by atoms with E-state index in [1.165, 1.54) is 5.56 Å². The Kier molecular flexibility index (Phi) is 3.57. The van der Waals surface area contributed by atoms with Gasteiger partial charge in [0.15, 0.2) is 0 Å². The molecule has 20 heavy (non-hydrogen) atoms. The van der Waals surface area contributed by atoms with Crippen molar-refractivity contribution in [2.75, 3.05) is 17.2 Å². The summed E-state index contributed by atoms with van der Waals surface area (Å²) in [5.41, 5.74) is 8.97. The second-order valence-corrected chi connectivity index (χ2v) is 6.08. The van der Waals surface area contributed by atoms with Gasteiger partial charge < -0.3 is 15.4 Å². The average molecular weight is 333 g/mol. The number of anilines is 2. The Morgan fingerprint density at radius 3 is 2.75 bits per heavy atom. The summed E-state index contributed by atoms with van der Waals surface area (Å²) in [4.78, 5) is 2.34. The third kappa shape index (κ3) is 2.75. The van der Waals surface area contributed by atoms with Crippen LogP contribution in [0.15, 0.2) is 46.9 Å². The quantitative estimate of drug-likeness (QED) is 0.849. The molecule has 2 aromatic rings. The maximum Gasteiger partial charge on any atom is 0.145 e. The first-order valence-corrected chi connectivity index (χ1v) is 7.47. The van der Waals surface area contributed by atoms with Gasteiger partial charge in [-0.15, -0.1) is 0 Å². The Morgan fingerprint density at radius 1 is 1.25 bits per heavy atom. The van der Waals surface area contributed by atoms with Crippen molar-refractivity contribution < 1.29 is 4.74 Å². The van der Waals surface area contributed by atoms with Crippen molar-refractivity contribution in [2.24, 2.45) is 0 Å². The van der Waals surface area contributed by atoms with Crippen LogP contribution in [0.25, 0.3) is 0 Å². The first kappa shape index (κ1) is 13.3. The number of fused-ring (bicyclic) bond motifs is 1. The average Bonchev–Trinajstić information content (AvgIpc) is 2.40. The summed E-state index contributed by atoms with van der Waals surface area (Å²) in [5, 5.41) is 0. The van der Waals surface area contributed by atoms with E-state index in [-0.39, 0.29) is 6.10 Å². The highest BCUT2D eigenvalue weighted by Gasteiger charge is 2.23. The molecule has 1 unspecified atom stereocenters. The third-order valence-corrected chi connectivity index (χ3v) is 3.95. The number of nitrogens with two attached hydrogens (primary N) is 1. The van der Waals surface area contributed by atoms with E-state index in [4.69, 9.17) is 10.5 Å². The molecular formula is C16H17BrN2O. The maximum absolute atomic E-state index is 5.87. The monoisotopic (exact) mass is 332 g/mol. The number of halogens is 1. The molecule has 0 amide bonds. The molecule has 0 saturated heterocycles. The van der Waals surface area contributed by atoms with Crippen LogP contribution in [0.4, 0.5) is 11.4 Å². The fourth-order valence-electron chi connectivity index (χ4n) is 2.51. The number of hydrogen-bond acceptors (Lipinski definition) is 3. The van der Waals surface area contributed by atoms with Crippen LogP contribution < -0.4 is 15.4 Å². The van der Waals surface area contributed by atoms with Gasteiger partial charge in [0, 0.05) is 22.8 Å². The van der Waals surface area contributed by atoms with E-state index in [1.807, 2.05) is 18.2 Å². The molecule has 1 atom stereocenters. The van der Waals surface area contributed by atoms with Crippen molar-refractivity contribution in [2.45, 2.75) is 19.6 Å². The largest absolute Gasteiger partial charge is 0.487 e. The lowest BCUT2D eigenvalue weighted by atomic mass is 10.1. The maximum atomic E-state index is 5.87. The van der Waals surface area contributed by atoms with Gasteiger partial charge in [-0.1, -0.05) is 28.1 Å². The Labute approximate surface area is 127 Å². The standard InChI is InChI=1S/C16H17BrN2O/c1-11-9-19(10-12-2-4-13(17)5-3-12)15-7-6-14(18)8-16(15)20-11/h2-8,11H,9-10,18H2,1H3. The molecule has 0 spiro atoms. The molecule has 1 aliphatic heterocycles. The highest BCUT2D eigenvalue weighted by atomic mass is 79.9. The molecular weight excluding hydrogens is 316 g/mol. The molecule has 0 fully saturated rings. The zero-order chi connectivity index (χ0) is 14.1. The zero-order valence-electron chi connectivity index (χ0n) is 11.3.